The minimum Gasteiger partial charge on any atom is -0.276 e. The van der Waals surface area contributed by atoms with Gasteiger partial charge in [-0.3, -0.25) is 9.59 Å². The SMILES string of the molecule is Cc1ccc(C(=O)Cl)c(SSc2cc(C)ccc2C(=O)Cl)c1. The lowest BCUT2D eigenvalue weighted by Gasteiger charge is -2.09. The molecule has 0 amide bonds. The van der Waals surface area contributed by atoms with Gasteiger partial charge in [0.1, 0.15) is 0 Å². The first kappa shape index (κ1) is 17.4. The number of carbonyl (C=O) groups excluding carboxylic acids is 2. The third-order valence-electron chi connectivity index (χ3n) is 2.92. The zero-order valence-electron chi connectivity index (χ0n) is 11.9. The van der Waals surface area contributed by atoms with Gasteiger partial charge in [0, 0.05) is 20.9 Å². The molecule has 0 aromatic heterocycles. The largest absolute Gasteiger partial charge is 0.276 e. The topological polar surface area (TPSA) is 34.1 Å². The number of rotatable bonds is 5. The Hall–Kier alpha value is -0.940. The second-order valence-corrected chi connectivity index (χ2v) is 7.61. The van der Waals surface area contributed by atoms with Crippen LogP contribution in [0.25, 0.3) is 0 Å². The molecule has 2 rings (SSSR count). The van der Waals surface area contributed by atoms with Gasteiger partial charge >= 0.3 is 0 Å². The summed E-state index contributed by atoms with van der Waals surface area (Å²) >= 11 is 11.2. The third kappa shape index (κ3) is 4.29. The van der Waals surface area contributed by atoms with E-state index in [1.165, 1.54) is 21.6 Å². The Labute approximate surface area is 147 Å². The average molecular weight is 371 g/mol. The molecular formula is C16H12Cl2O2S2. The standard InChI is InChI=1S/C16H12Cl2O2S2/c1-9-3-5-11(15(17)19)13(7-9)21-22-14-8-10(2)4-6-12(14)16(18)20/h3-8H,1-2H3. The van der Waals surface area contributed by atoms with Crippen molar-refractivity contribution in [1.29, 1.82) is 0 Å². The maximum Gasteiger partial charge on any atom is 0.253 e. The van der Waals surface area contributed by atoms with Crippen LogP contribution in [0.1, 0.15) is 31.8 Å². The Kier molecular flexibility index (Phi) is 5.98. The zero-order valence-corrected chi connectivity index (χ0v) is 15.0. The number of benzene rings is 2. The van der Waals surface area contributed by atoms with E-state index >= 15 is 0 Å². The molecule has 0 bridgehead atoms. The van der Waals surface area contributed by atoms with Gasteiger partial charge in [-0.25, -0.2) is 0 Å². The van der Waals surface area contributed by atoms with Gasteiger partial charge in [0.2, 0.25) is 0 Å². The van der Waals surface area contributed by atoms with Crippen LogP contribution in [0.4, 0.5) is 0 Å². The monoisotopic (exact) mass is 370 g/mol. The van der Waals surface area contributed by atoms with E-state index in [1.54, 1.807) is 12.1 Å². The van der Waals surface area contributed by atoms with Crippen LogP contribution in [0.2, 0.25) is 0 Å². The van der Waals surface area contributed by atoms with Gasteiger partial charge < -0.3 is 0 Å². The molecule has 0 aliphatic carbocycles. The fraction of sp³-hybridized carbons (Fsp3) is 0.125. The number of halogens is 2. The lowest BCUT2D eigenvalue weighted by Crippen LogP contribution is -1.94. The summed E-state index contributed by atoms with van der Waals surface area (Å²) in [6, 6.07) is 10.9. The number of carbonyl (C=O) groups is 2. The quantitative estimate of drug-likeness (QED) is 0.487. The molecular weight excluding hydrogens is 359 g/mol. The highest BCUT2D eigenvalue weighted by Gasteiger charge is 2.14. The van der Waals surface area contributed by atoms with E-state index in [1.807, 2.05) is 38.1 Å². The van der Waals surface area contributed by atoms with Crippen LogP contribution in [-0.2, 0) is 0 Å². The van der Waals surface area contributed by atoms with Gasteiger partial charge in [0.15, 0.2) is 0 Å². The fourth-order valence-electron chi connectivity index (χ4n) is 1.81. The van der Waals surface area contributed by atoms with E-state index in [9.17, 15) is 9.59 Å². The molecule has 0 radical (unpaired) electrons. The van der Waals surface area contributed by atoms with Gasteiger partial charge in [0.05, 0.1) is 0 Å². The highest BCUT2D eigenvalue weighted by Crippen LogP contribution is 2.41. The van der Waals surface area contributed by atoms with Crippen molar-refractivity contribution in [3.8, 4) is 0 Å². The summed E-state index contributed by atoms with van der Waals surface area (Å²) < 4.78 is 0. The summed E-state index contributed by atoms with van der Waals surface area (Å²) in [6.45, 7) is 3.88. The lowest BCUT2D eigenvalue weighted by molar-refractivity contribution is 0.107. The van der Waals surface area contributed by atoms with Crippen LogP contribution in [0.5, 0.6) is 0 Å². The molecule has 0 saturated heterocycles. The molecule has 0 aliphatic heterocycles. The van der Waals surface area contributed by atoms with Gasteiger partial charge in [-0.2, -0.15) is 0 Å². The van der Waals surface area contributed by atoms with E-state index in [4.69, 9.17) is 23.2 Å². The third-order valence-corrected chi connectivity index (χ3v) is 5.77. The summed E-state index contributed by atoms with van der Waals surface area (Å²) in [7, 11) is 2.77. The number of aryl methyl sites for hydroxylation is 2. The van der Waals surface area contributed by atoms with Gasteiger partial charge in [-0.1, -0.05) is 33.7 Å². The second-order valence-electron chi connectivity index (χ2n) is 4.71. The molecule has 0 heterocycles. The first-order valence-electron chi connectivity index (χ1n) is 6.34. The van der Waals surface area contributed by atoms with Gasteiger partial charge in [0.25, 0.3) is 10.5 Å². The van der Waals surface area contributed by atoms with Crippen molar-refractivity contribution in [2.75, 3.05) is 0 Å². The van der Waals surface area contributed by atoms with Crippen molar-refractivity contribution in [3.63, 3.8) is 0 Å². The molecule has 0 spiro atoms. The van der Waals surface area contributed by atoms with Crippen molar-refractivity contribution < 1.29 is 9.59 Å². The Morgan fingerprint density at radius 2 is 1.14 bits per heavy atom. The smallest absolute Gasteiger partial charge is 0.253 e. The molecule has 2 nitrogen and oxygen atoms in total. The molecule has 0 aliphatic rings. The molecule has 6 heteroatoms. The predicted molar refractivity (Wildman–Crippen MR) is 94.4 cm³/mol. The van der Waals surface area contributed by atoms with E-state index in [-0.39, 0.29) is 0 Å². The van der Waals surface area contributed by atoms with Crippen LogP contribution in [0.3, 0.4) is 0 Å². The Morgan fingerprint density at radius 1 is 0.773 bits per heavy atom. The fourth-order valence-corrected chi connectivity index (χ4v) is 4.77. The van der Waals surface area contributed by atoms with Crippen molar-refractivity contribution in [2.45, 2.75) is 23.6 Å². The molecule has 0 unspecified atom stereocenters. The predicted octanol–water partition coefficient (Wildman–Crippen LogP) is 5.86. The maximum absolute atomic E-state index is 11.5. The minimum atomic E-state index is -0.499. The van der Waals surface area contributed by atoms with Crippen LogP contribution in [-0.4, -0.2) is 10.5 Å². The Morgan fingerprint density at radius 3 is 1.45 bits per heavy atom. The van der Waals surface area contributed by atoms with Crippen LogP contribution >= 0.6 is 44.8 Å². The zero-order chi connectivity index (χ0) is 16.3. The summed E-state index contributed by atoms with van der Waals surface area (Å²) in [5.41, 5.74) is 2.97. The molecule has 22 heavy (non-hydrogen) atoms. The Balaban J connectivity index is 2.31. The second kappa shape index (κ2) is 7.55. The van der Waals surface area contributed by atoms with Gasteiger partial charge in [-0.05, 0) is 72.4 Å². The molecule has 0 N–H and O–H groups in total. The lowest BCUT2D eigenvalue weighted by atomic mass is 10.2. The highest BCUT2D eigenvalue weighted by atomic mass is 35.5. The molecule has 114 valence electrons. The summed E-state index contributed by atoms with van der Waals surface area (Å²) in [6.07, 6.45) is 0. The minimum absolute atomic E-state index is 0.455. The maximum atomic E-state index is 11.5. The summed E-state index contributed by atoms with van der Waals surface area (Å²) in [5, 5.41) is -0.998. The Bertz CT molecular complexity index is 681. The first-order chi connectivity index (χ1) is 10.4. The number of hydrogen-bond acceptors (Lipinski definition) is 4. The van der Waals surface area contributed by atoms with Crippen molar-refractivity contribution in [1.82, 2.24) is 0 Å². The average Bonchev–Trinajstić information content (AvgIpc) is 2.44. The molecule has 0 saturated carbocycles. The van der Waals surface area contributed by atoms with Crippen LogP contribution < -0.4 is 0 Å². The normalized spacial score (nSPS) is 10.5. The van der Waals surface area contributed by atoms with Crippen LogP contribution in [0, 0.1) is 13.8 Å². The molecule has 0 atom stereocenters. The van der Waals surface area contributed by atoms with Crippen molar-refractivity contribution >= 4 is 55.3 Å². The number of hydrogen-bond donors (Lipinski definition) is 0. The summed E-state index contributed by atoms with van der Waals surface area (Å²) in [5.74, 6) is 0. The van der Waals surface area contributed by atoms with E-state index in [2.05, 4.69) is 0 Å². The van der Waals surface area contributed by atoms with E-state index in [0.29, 0.717) is 11.1 Å². The van der Waals surface area contributed by atoms with Crippen LogP contribution in [0.15, 0.2) is 46.2 Å². The molecule has 0 fully saturated rings. The molecule has 2 aromatic rings. The highest BCUT2D eigenvalue weighted by molar-refractivity contribution is 8.76. The molecule has 2 aromatic carbocycles. The van der Waals surface area contributed by atoms with Gasteiger partial charge in [-0.15, -0.1) is 0 Å². The summed E-state index contributed by atoms with van der Waals surface area (Å²) in [4.78, 5) is 24.5. The van der Waals surface area contributed by atoms with Crippen molar-refractivity contribution in [2.24, 2.45) is 0 Å². The van der Waals surface area contributed by atoms with E-state index in [0.717, 1.165) is 20.9 Å². The first-order valence-corrected chi connectivity index (χ1v) is 9.24. The van der Waals surface area contributed by atoms with E-state index < -0.39 is 10.5 Å². The van der Waals surface area contributed by atoms with Crippen molar-refractivity contribution in [3.05, 3.63) is 58.7 Å².